The Hall–Kier alpha value is -1.19. The molecule has 1 aromatic heterocycles. The van der Waals surface area contributed by atoms with Crippen molar-refractivity contribution in [2.75, 3.05) is 22.9 Å². The Kier molecular flexibility index (Phi) is 3.79. The molecule has 104 valence electrons. The molecule has 1 amide bonds. The second kappa shape index (κ2) is 5.06. The van der Waals surface area contributed by atoms with Gasteiger partial charge in [-0.1, -0.05) is 0 Å². The SMILES string of the molecule is Nc1ncc(Br)cc1N1CC(CS(N)(=O)=O)CC1=O. The van der Waals surface area contributed by atoms with Gasteiger partial charge < -0.3 is 10.6 Å². The lowest BCUT2D eigenvalue weighted by Crippen LogP contribution is -2.28. The van der Waals surface area contributed by atoms with Gasteiger partial charge in [-0.15, -0.1) is 0 Å². The first-order valence-electron chi connectivity index (χ1n) is 5.48. The van der Waals surface area contributed by atoms with E-state index in [1.54, 1.807) is 6.07 Å². The molecule has 1 saturated heterocycles. The molecule has 0 radical (unpaired) electrons. The molecule has 2 heterocycles. The zero-order valence-corrected chi connectivity index (χ0v) is 12.3. The maximum Gasteiger partial charge on any atom is 0.227 e. The summed E-state index contributed by atoms with van der Waals surface area (Å²) < 4.78 is 22.8. The zero-order chi connectivity index (χ0) is 14.2. The van der Waals surface area contributed by atoms with E-state index >= 15 is 0 Å². The number of rotatable bonds is 3. The Morgan fingerprint density at radius 1 is 1.53 bits per heavy atom. The van der Waals surface area contributed by atoms with E-state index in [0.29, 0.717) is 10.2 Å². The van der Waals surface area contributed by atoms with Crippen molar-refractivity contribution in [3.05, 3.63) is 16.7 Å². The molecule has 7 nitrogen and oxygen atoms in total. The van der Waals surface area contributed by atoms with Gasteiger partial charge in [0.05, 0.1) is 11.4 Å². The lowest BCUT2D eigenvalue weighted by Gasteiger charge is -2.18. The van der Waals surface area contributed by atoms with E-state index < -0.39 is 10.0 Å². The highest BCUT2D eigenvalue weighted by Crippen LogP contribution is 2.30. The summed E-state index contributed by atoms with van der Waals surface area (Å²) >= 11 is 3.26. The number of sulfonamides is 1. The van der Waals surface area contributed by atoms with E-state index in [-0.39, 0.29) is 36.4 Å². The molecule has 1 aliphatic rings. The Morgan fingerprint density at radius 2 is 2.21 bits per heavy atom. The number of hydrogen-bond donors (Lipinski definition) is 2. The minimum absolute atomic E-state index is 0.141. The van der Waals surface area contributed by atoms with Gasteiger partial charge in [-0.25, -0.2) is 18.5 Å². The van der Waals surface area contributed by atoms with Crippen LogP contribution in [0.1, 0.15) is 6.42 Å². The van der Waals surface area contributed by atoms with Crippen LogP contribution in [0.15, 0.2) is 16.7 Å². The molecule has 1 aliphatic heterocycles. The van der Waals surface area contributed by atoms with Gasteiger partial charge in [0.25, 0.3) is 0 Å². The third-order valence-corrected chi connectivity index (χ3v) is 4.20. The third-order valence-electron chi connectivity index (χ3n) is 2.83. The predicted molar refractivity (Wildman–Crippen MR) is 74.8 cm³/mol. The molecule has 1 fully saturated rings. The fourth-order valence-electron chi connectivity index (χ4n) is 2.11. The van der Waals surface area contributed by atoms with Gasteiger partial charge in [0.1, 0.15) is 5.82 Å². The van der Waals surface area contributed by atoms with Gasteiger partial charge in [-0.05, 0) is 22.0 Å². The van der Waals surface area contributed by atoms with Crippen LogP contribution in [0.5, 0.6) is 0 Å². The summed E-state index contributed by atoms with van der Waals surface area (Å²) in [7, 11) is -3.59. The number of nitrogens with zero attached hydrogens (tertiary/aromatic N) is 2. The average molecular weight is 349 g/mol. The quantitative estimate of drug-likeness (QED) is 0.800. The molecular weight excluding hydrogens is 336 g/mol. The van der Waals surface area contributed by atoms with Gasteiger partial charge >= 0.3 is 0 Å². The third kappa shape index (κ3) is 3.43. The summed E-state index contributed by atoms with van der Waals surface area (Å²) in [6.07, 6.45) is 1.67. The van der Waals surface area contributed by atoms with Crippen LogP contribution in [0.2, 0.25) is 0 Å². The molecule has 4 N–H and O–H groups in total. The highest BCUT2D eigenvalue weighted by Gasteiger charge is 2.33. The topological polar surface area (TPSA) is 119 Å². The Morgan fingerprint density at radius 3 is 2.84 bits per heavy atom. The summed E-state index contributed by atoms with van der Waals surface area (Å²) in [6, 6.07) is 1.68. The van der Waals surface area contributed by atoms with Crippen LogP contribution in [0, 0.1) is 5.92 Å². The van der Waals surface area contributed by atoms with Gasteiger partial charge in [0.15, 0.2) is 0 Å². The molecule has 9 heteroatoms. The Labute approximate surface area is 119 Å². The van der Waals surface area contributed by atoms with Crippen molar-refractivity contribution in [3.63, 3.8) is 0 Å². The molecule has 0 aliphatic carbocycles. The lowest BCUT2D eigenvalue weighted by atomic mass is 10.1. The smallest absolute Gasteiger partial charge is 0.227 e. The molecule has 1 atom stereocenters. The summed E-state index contributed by atoms with van der Waals surface area (Å²) in [5.74, 6) is -0.481. The number of nitrogen functional groups attached to an aromatic ring is 1. The first-order chi connectivity index (χ1) is 8.76. The van der Waals surface area contributed by atoms with Crippen molar-refractivity contribution >= 4 is 43.4 Å². The van der Waals surface area contributed by atoms with Crippen LogP contribution in [-0.4, -0.2) is 31.6 Å². The van der Waals surface area contributed by atoms with Gasteiger partial charge in [0, 0.05) is 29.6 Å². The van der Waals surface area contributed by atoms with Crippen LogP contribution in [0.3, 0.4) is 0 Å². The number of amides is 1. The zero-order valence-electron chi connectivity index (χ0n) is 9.91. The summed E-state index contributed by atoms with van der Waals surface area (Å²) in [5.41, 5.74) is 6.22. The largest absolute Gasteiger partial charge is 0.382 e. The molecule has 1 aromatic rings. The standard InChI is InChI=1S/C10H13BrN4O3S/c11-7-2-8(10(12)14-3-7)15-4-6(1-9(15)16)5-19(13,17)18/h2-3,6H,1,4-5H2,(H2,12,14)(H2,13,17,18). The van der Waals surface area contributed by atoms with Crippen LogP contribution in [0.25, 0.3) is 0 Å². The monoisotopic (exact) mass is 348 g/mol. The molecule has 2 rings (SSSR count). The number of pyridine rings is 1. The second-order valence-electron chi connectivity index (χ2n) is 4.46. The summed E-state index contributed by atoms with van der Waals surface area (Å²) in [6.45, 7) is 0.275. The molecule has 19 heavy (non-hydrogen) atoms. The van der Waals surface area contributed by atoms with Crippen molar-refractivity contribution in [2.45, 2.75) is 6.42 Å². The molecule has 0 saturated carbocycles. The van der Waals surface area contributed by atoms with Crippen molar-refractivity contribution < 1.29 is 13.2 Å². The lowest BCUT2D eigenvalue weighted by molar-refractivity contribution is -0.117. The van der Waals surface area contributed by atoms with Crippen LogP contribution < -0.4 is 15.8 Å². The van der Waals surface area contributed by atoms with Crippen molar-refractivity contribution in [2.24, 2.45) is 11.1 Å². The summed E-state index contributed by atoms with van der Waals surface area (Å²) in [5, 5.41) is 5.00. The van der Waals surface area contributed by atoms with Gasteiger partial charge in [-0.2, -0.15) is 0 Å². The number of aromatic nitrogens is 1. The Bertz CT molecular complexity index is 619. The van der Waals surface area contributed by atoms with Gasteiger partial charge in [-0.3, -0.25) is 4.79 Å². The first-order valence-corrected chi connectivity index (χ1v) is 7.99. The molecule has 0 bridgehead atoms. The van der Waals surface area contributed by atoms with Crippen molar-refractivity contribution in [1.82, 2.24) is 4.98 Å². The first kappa shape index (κ1) is 14.2. The maximum atomic E-state index is 11.9. The van der Waals surface area contributed by atoms with E-state index in [9.17, 15) is 13.2 Å². The number of halogens is 1. The molecule has 1 unspecified atom stereocenters. The van der Waals surface area contributed by atoms with Crippen LogP contribution >= 0.6 is 15.9 Å². The fourth-order valence-corrected chi connectivity index (χ4v) is 3.31. The van der Waals surface area contributed by atoms with Gasteiger partial charge in [0.2, 0.25) is 15.9 Å². The van der Waals surface area contributed by atoms with Crippen molar-refractivity contribution in [3.8, 4) is 0 Å². The number of anilines is 2. The van der Waals surface area contributed by atoms with E-state index in [4.69, 9.17) is 10.9 Å². The fraction of sp³-hybridized carbons (Fsp3) is 0.400. The van der Waals surface area contributed by atoms with E-state index in [1.807, 2.05) is 0 Å². The normalized spacial score (nSPS) is 20.0. The summed E-state index contributed by atoms with van der Waals surface area (Å²) in [4.78, 5) is 17.3. The number of hydrogen-bond acceptors (Lipinski definition) is 5. The van der Waals surface area contributed by atoms with E-state index in [0.717, 1.165) is 0 Å². The number of nitrogens with two attached hydrogens (primary N) is 2. The average Bonchev–Trinajstić information content (AvgIpc) is 2.60. The number of primary sulfonamides is 1. The van der Waals surface area contributed by atoms with E-state index in [1.165, 1.54) is 11.1 Å². The van der Waals surface area contributed by atoms with E-state index in [2.05, 4.69) is 20.9 Å². The number of carbonyl (C=O) groups excluding carboxylic acids is 1. The number of carbonyl (C=O) groups is 1. The maximum absolute atomic E-state index is 11.9. The van der Waals surface area contributed by atoms with Crippen molar-refractivity contribution in [1.29, 1.82) is 0 Å². The molecular formula is C10H13BrN4O3S. The highest BCUT2D eigenvalue weighted by molar-refractivity contribution is 9.10. The molecule has 0 aromatic carbocycles. The predicted octanol–water partition coefficient (Wildman–Crippen LogP) is 0.0677. The van der Waals surface area contributed by atoms with Crippen LogP contribution in [-0.2, 0) is 14.8 Å². The highest BCUT2D eigenvalue weighted by atomic mass is 79.9. The van der Waals surface area contributed by atoms with Crippen LogP contribution in [0.4, 0.5) is 11.5 Å². The minimum Gasteiger partial charge on any atom is -0.382 e. The minimum atomic E-state index is -3.59. The Balaban J connectivity index is 2.23. The molecule has 0 spiro atoms. The second-order valence-corrected chi connectivity index (χ2v) is 7.04.